The minimum Gasteiger partial charge on any atom is -0.369 e. The van der Waals surface area contributed by atoms with E-state index in [2.05, 4.69) is 0 Å². The molecule has 1 atom stereocenters. The Kier molecular flexibility index (Phi) is 2.79. The van der Waals surface area contributed by atoms with Gasteiger partial charge in [0.05, 0.1) is 11.6 Å². The summed E-state index contributed by atoms with van der Waals surface area (Å²) in [4.78, 5) is 23.6. The fourth-order valence-electron chi connectivity index (χ4n) is 1.83. The molecular weight excluding hydrogens is 230 g/mol. The van der Waals surface area contributed by atoms with Crippen molar-refractivity contribution in [3.8, 4) is 0 Å². The van der Waals surface area contributed by atoms with Crippen molar-refractivity contribution >= 4 is 17.5 Å². The Morgan fingerprint density at radius 3 is 2.71 bits per heavy atom. The molecule has 2 rings (SSSR count). The molecule has 0 aliphatic carbocycles. The Morgan fingerprint density at radius 2 is 2.12 bits per heavy atom. The highest BCUT2D eigenvalue weighted by molar-refractivity contribution is 6.00. The summed E-state index contributed by atoms with van der Waals surface area (Å²) >= 11 is 0. The molecule has 0 aromatic heterocycles. The van der Waals surface area contributed by atoms with E-state index < -0.39 is 29.4 Å². The van der Waals surface area contributed by atoms with Crippen LogP contribution in [0.1, 0.15) is 6.42 Å². The molecule has 1 fully saturated rings. The molecular formula is C11H10F2N2O2. The van der Waals surface area contributed by atoms with Crippen LogP contribution >= 0.6 is 0 Å². The Hall–Kier alpha value is -1.98. The van der Waals surface area contributed by atoms with E-state index in [1.807, 2.05) is 0 Å². The molecule has 1 aliphatic rings. The first-order valence-corrected chi connectivity index (χ1v) is 5.04. The van der Waals surface area contributed by atoms with Crippen LogP contribution < -0.4 is 10.6 Å². The number of hydrogen-bond donors (Lipinski definition) is 1. The van der Waals surface area contributed by atoms with Gasteiger partial charge in [-0.3, -0.25) is 9.59 Å². The van der Waals surface area contributed by atoms with Crippen LogP contribution in [0.3, 0.4) is 0 Å². The lowest BCUT2D eigenvalue weighted by molar-refractivity contribution is -0.123. The highest BCUT2D eigenvalue weighted by Crippen LogP contribution is 2.28. The van der Waals surface area contributed by atoms with Crippen LogP contribution in [-0.4, -0.2) is 18.4 Å². The van der Waals surface area contributed by atoms with Crippen molar-refractivity contribution in [3.05, 3.63) is 29.8 Å². The zero-order chi connectivity index (χ0) is 12.6. The summed E-state index contributed by atoms with van der Waals surface area (Å²) < 4.78 is 26.5. The maximum atomic E-state index is 13.5. The molecule has 2 N–H and O–H groups in total. The van der Waals surface area contributed by atoms with Gasteiger partial charge in [0.15, 0.2) is 11.6 Å². The van der Waals surface area contributed by atoms with Gasteiger partial charge in [-0.15, -0.1) is 0 Å². The topological polar surface area (TPSA) is 63.4 Å². The van der Waals surface area contributed by atoms with E-state index in [1.165, 1.54) is 12.1 Å². The van der Waals surface area contributed by atoms with E-state index in [4.69, 9.17) is 5.73 Å². The Morgan fingerprint density at radius 1 is 1.41 bits per heavy atom. The molecule has 1 heterocycles. The van der Waals surface area contributed by atoms with Gasteiger partial charge in [-0.25, -0.2) is 8.78 Å². The molecule has 0 bridgehead atoms. The highest BCUT2D eigenvalue weighted by Gasteiger charge is 2.35. The lowest BCUT2D eigenvalue weighted by Crippen LogP contribution is -2.29. The number of rotatable bonds is 2. The SMILES string of the molecule is NC(=O)C1CC(=O)N(c2cccc(F)c2F)C1. The fraction of sp³-hybridized carbons (Fsp3) is 0.273. The van der Waals surface area contributed by atoms with Crippen molar-refractivity contribution in [3.63, 3.8) is 0 Å². The number of primary amides is 1. The number of halogens is 2. The summed E-state index contributed by atoms with van der Waals surface area (Å²) in [6.45, 7) is -0.00542. The number of hydrogen-bond acceptors (Lipinski definition) is 2. The molecule has 1 aromatic rings. The van der Waals surface area contributed by atoms with Crippen LogP contribution in [-0.2, 0) is 9.59 Å². The average molecular weight is 240 g/mol. The predicted octanol–water partition coefficient (Wildman–Crippen LogP) is 0.803. The van der Waals surface area contributed by atoms with Crippen LogP contribution in [0.15, 0.2) is 18.2 Å². The van der Waals surface area contributed by atoms with Crippen LogP contribution in [0.5, 0.6) is 0 Å². The zero-order valence-electron chi connectivity index (χ0n) is 8.82. The zero-order valence-corrected chi connectivity index (χ0v) is 8.82. The van der Waals surface area contributed by atoms with E-state index in [0.29, 0.717) is 0 Å². The third kappa shape index (κ3) is 1.98. The first kappa shape index (κ1) is 11.5. The molecule has 0 spiro atoms. The Bertz CT molecular complexity index is 490. The molecule has 6 heteroatoms. The number of nitrogens with zero attached hydrogens (tertiary/aromatic N) is 1. The number of amides is 2. The summed E-state index contributed by atoms with van der Waals surface area (Å²) in [6, 6.07) is 3.56. The van der Waals surface area contributed by atoms with E-state index in [0.717, 1.165) is 11.0 Å². The molecule has 1 aliphatic heterocycles. The van der Waals surface area contributed by atoms with Crippen molar-refractivity contribution in [2.45, 2.75) is 6.42 Å². The van der Waals surface area contributed by atoms with Crippen molar-refractivity contribution in [1.82, 2.24) is 0 Å². The fourth-order valence-corrected chi connectivity index (χ4v) is 1.83. The second-order valence-electron chi connectivity index (χ2n) is 3.88. The number of nitrogens with two attached hydrogens (primary N) is 1. The maximum Gasteiger partial charge on any atom is 0.227 e. The first-order valence-electron chi connectivity index (χ1n) is 5.04. The molecule has 90 valence electrons. The lowest BCUT2D eigenvalue weighted by atomic mass is 10.1. The second kappa shape index (κ2) is 4.12. The molecule has 1 unspecified atom stereocenters. The summed E-state index contributed by atoms with van der Waals surface area (Å²) in [5, 5.41) is 0. The van der Waals surface area contributed by atoms with Gasteiger partial charge in [0.2, 0.25) is 11.8 Å². The van der Waals surface area contributed by atoms with E-state index in [9.17, 15) is 18.4 Å². The number of anilines is 1. The van der Waals surface area contributed by atoms with E-state index in [1.54, 1.807) is 0 Å². The van der Waals surface area contributed by atoms with E-state index in [-0.39, 0.29) is 18.7 Å². The standard InChI is InChI=1S/C11H10F2N2O2/c12-7-2-1-3-8(10(7)13)15-5-6(11(14)17)4-9(15)16/h1-3,6H,4-5H2,(H2,14,17). The Balaban J connectivity index is 2.32. The molecule has 17 heavy (non-hydrogen) atoms. The normalized spacial score (nSPS) is 19.8. The van der Waals surface area contributed by atoms with Gasteiger partial charge in [0.1, 0.15) is 0 Å². The van der Waals surface area contributed by atoms with Gasteiger partial charge < -0.3 is 10.6 Å². The third-order valence-corrected chi connectivity index (χ3v) is 2.75. The quantitative estimate of drug-likeness (QED) is 0.831. The molecule has 0 radical (unpaired) electrons. The summed E-state index contributed by atoms with van der Waals surface area (Å²) in [7, 11) is 0. The third-order valence-electron chi connectivity index (χ3n) is 2.75. The van der Waals surface area contributed by atoms with Crippen LogP contribution in [0.2, 0.25) is 0 Å². The largest absolute Gasteiger partial charge is 0.369 e. The van der Waals surface area contributed by atoms with Crippen molar-refractivity contribution in [1.29, 1.82) is 0 Å². The van der Waals surface area contributed by atoms with Gasteiger partial charge in [-0.2, -0.15) is 0 Å². The minimum atomic E-state index is -1.09. The average Bonchev–Trinajstić information content (AvgIpc) is 2.65. The number of carbonyl (C=O) groups is 2. The summed E-state index contributed by atoms with van der Waals surface area (Å²) in [5.74, 6) is -3.81. The van der Waals surface area contributed by atoms with Gasteiger partial charge in [-0.1, -0.05) is 6.07 Å². The van der Waals surface area contributed by atoms with Crippen LogP contribution in [0.4, 0.5) is 14.5 Å². The molecule has 1 aromatic carbocycles. The first-order chi connectivity index (χ1) is 8.00. The smallest absolute Gasteiger partial charge is 0.227 e. The Labute approximate surface area is 96.0 Å². The lowest BCUT2D eigenvalue weighted by Gasteiger charge is -2.16. The van der Waals surface area contributed by atoms with Gasteiger partial charge in [0, 0.05) is 13.0 Å². The highest BCUT2D eigenvalue weighted by atomic mass is 19.2. The summed E-state index contributed by atoms with van der Waals surface area (Å²) in [6.07, 6.45) is -0.0642. The second-order valence-corrected chi connectivity index (χ2v) is 3.88. The van der Waals surface area contributed by atoms with Crippen molar-refractivity contribution in [2.75, 3.05) is 11.4 Å². The monoisotopic (exact) mass is 240 g/mol. The van der Waals surface area contributed by atoms with Gasteiger partial charge >= 0.3 is 0 Å². The molecule has 0 saturated carbocycles. The van der Waals surface area contributed by atoms with Crippen molar-refractivity contribution in [2.24, 2.45) is 11.7 Å². The molecule has 2 amide bonds. The van der Waals surface area contributed by atoms with E-state index >= 15 is 0 Å². The van der Waals surface area contributed by atoms with Crippen molar-refractivity contribution < 1.29 is 18.4 Å². The molecule has 1 saturated heterocycles. The number of benzene rings is 1. The van der Waals surface area contributed by atoms with Crippen LogP contribution in [0.25, 0.3) is 0 Å². The van der Waals surface area contributed by atoms with Gasteiger partial charge in [-0.05, 0) is 12.1 Å². The molecule has 4 nitrogen and oxygen atoms in total. The summed E-state index contributed by atoms with van der Waals surface area (Å²) in [5.41, 5.74) is 4.93. The number of carbonyl (C=O) groups excluding carboxylic acids is 2. The van der Waals surface area contributed by atoms with Crippen LogP contribution in [0, 0.1) is 17.6 Å². The minimum absolute atomic E-state index is 0.00542. The van der Waals surface area contributed by atoms with Gasteiger partial charge in [0.25, 0.3) is 0 Å². The maximum absolute atomic E-state index is 13.5. The predicted molar refractivity (Wildman–Crippen MR) is 56.0 cm³/mol.